The van der Waals surface area contributed by atoms with Crippen molar-refractivity contribution in [1.29, 1.82) is 0 Å². The van der Waals surface area contributed by atoms with E-state index in [9.17, 15) is 14.4 Å². The molecule has 1 saturated carbocycles. The number of nitrogens with one attached hydrogen (secondary N) is 2. The Morgan fingerprint density at radius 3 is 2.74 bits per heavy atom. The third kappa shape index (κ3) is 4.14. The molecule has 0 bridgehead atoms. The zero-order valence-corrected chi connectivity index (χ0v) is 19.5. The number of amides is 1. The van der Waals surface area contributed by atoms with Gasteiger partial charge in [0.2, 0.25) is 5.91 Å². The van der Waals surface area contributed by atoms with Crippen molar-refractivity contribution in [2.24, 2.45) is 0 Å². The van der Waals surface area contributed by atoms with E-state index in [1.54, 1.807) is 12.3 Å². The molecule has 3 aromatic rings. The number of aromatic nitrogens is 2. The summed E-state index contributed by atoms with van der Waals surface area (Å²) in [5, 5.41) is 2.85. The number of carbonyl (C=O) groups excluding carboxylic acids is 2. The third-order valence-electron chi connectivity index (χ3n) is 7.67. The molecule has 0 saturated heterocycles. The minimum absolute atomic E-state index is 0.0136. The highest BCUT2D eigenvalue weighted by Crippen LogP contribution is 2.61. The van der Waals surface area contributed by atoms with Crippen molar-refractivity contribution in [1.82, 2.24) is 15.3 Å². The minimum atomic E-state index is -0.0411. The third-order valence-corrected chi connectivity index (χ3v) is 7.67. The van der Waals surface area contributed by atoms with Crippen LogP contribution >= 0.6 is 0 Å². The van der Waals surface area contributed by atoms with E-state index in [4.69, 9.17) is 4.98 Å². The Morgan fingerprint density at radius 1 is 1.09 bits per heavy atom. The molecule has 6 rings (SSSR count). The molecule has 1 aliphatic heterocycles. The van der Waals surface area contributed by atoms with Gasteiger partial charge in [0.25, 0.3) is 0 Å². The van der Waals surface area contributed by atoms with E-state index in [0.717, 1.165) is 35.4 Å². The van der Waals surface area contributed by atoms with Crippen molar-refractivity contribution in [3.8, 4) is 11.3 Å². The molecule has 2 aromatic heterocycles. The Balaban J connectivity index is 1.28. The van der Waals surface area contributed by atoms with Crippen molar-refractivity contribution >= 4 is 11.7 Å². The number of aromatic amines is 1. The van der Waals surface area contributed by atoms with Crippen LogP contribution in [-0.4, -0.2) is 28.2 Å². The topological polar surface area (TPSA) is 91.9 Å². The molecular weight excluding hydrogens is 438 g/mol. The predicted molar refractivity (Wildman–Crippen MR) is 133 cm³/mol. The molecule has 1 atom stereocenters. The van der Waals surface area contributed by atoms with Crippen LogP contribution in [0.4, 0.5) is 0 Å². The highest BCUT2D eigenvalue weighted by molar-refractivity contribution is 5.98. The Hall–Kier alpha value is -3.80. The molecule has 0 radical (unpaired) electrons. The average molecular weight is 466 g/mol. The second-order valence-corrected chi connectivity index (χ2v) is 10.0. The fourth-order valence-corrected chi connectivity index (χ4v) is 5.66. The first kappa shape index (κ1) is 21.7. The summed E-state index contributed by atoms with van der Waals surface area (Å²) in [6, 6.07) is 13.3. The summed E-state index contributed by atoms with van der Waals surface area (Å²) < 4.78 is 0. The number of Topliss-reactive ketones (excluding diaryl/α,β-unsaturated/α-hetero) is 1. The Labute approximate surface area is 203 Å². The lowest BCUT2D eigenvalue weighted by Gasteiger charge is -2.13. The number of pyridine rings is 2. The molecule has 1 aromatic carbocycles. The van der Waals surface area contributed by atoms with Gasteiger partial charge in [-0.3, -0.25) is 19.4 Å². The van der Waals surface area contributed by atoms with Crippen LogP contribution in [0.1, 0.15) is 71.6 Å². The number of benzene rings is 1. The molecule has 35 heavy (non-hydrogen) atoms. The fourth-order valence-electron chi connectivity index (χ4n) is 5.66. The van der Waals surface area contributed by atoms with Crippen LogP contribution in [-0.2, 0) is 10.2 Å². The largest absolute Gasteiger partial charge is 0.361 e. The maximum atomic E-state index is 13.2. The van der Waals surface area contributed by atoms with Gasteiger partial charge in [0.05, 0.1) is 5.69 Å². The highest BCUT2D eigenvalue weighted by atomic mass is 16.1. The number of fused-ring (bicyclic) bond motifs is 2. The second-order valence-electron chi connectivity index (χ2n) is 10.0. The Kier molecular flexibility index (Phi) is 5.24. The van der Waals surface area contributed by atoms with Gasteiger partial charge in [0.1, 0.15) is 0 Å². The number of H-pyrrole nitrogens is 1. The Bertz CT molecular complexity index is 1410. The standard InChI is InChI=1S/C29H27N3O3/c33-21-7-11-30-26(15-21)20-4-6-25(32-17-20)23-16-29(8-9-29)24-5-3-19(14-22(23)24)27(34)12-18-2-1-10-31-28(35)13-18/h2-7,11,14-15,17,23H,1,8-10,12-13,16H2,(H,30,33)(H,31,35). The summed E-state index contributed by atoms with van der Waals surface area (Å²) in [6.07, 6.45) is 10.2. The van der Waals surface area contributed by atoms with Crippen LogP contribution in [0.5, 0.6) is 0 Å². The molecule has 1 spiro atoms. The predicted octanol–water partition coefficient (Wildman–Crippen LogP) is 4.41. The molecule has 176 valence electrons. The summed E-state index contributed by atoms with van der Waals surface area (Å²) in [4.78, 5) is 44.7. The van der Waals surface area contributed by atoms with E-state index in [0.29, 0.717) is 18.5 Å². The van der Waals surface area contributed by atoms with Gasteiger partial charge in [-0.15, -0.1) is 0 Å². The van der Waals surface area contributed by atoms with Crippen LogP contribution < -0.4 is 10.7 Å². The molecule has 1 unspecified atom stereocenters. The lowest BCUT2D eigenvalue weighted by Crippen LogP contribution is -2.22. The van der Waals surface area contributed by atoms with Crippen molar-refractivity contribution in [2.45, 2.75) is 49.9 Å². The molecule has 1 amide bonds. The monoisotopic (exact) mass is 465 g/mol. The summed E-state index contributed by atoms with van der Waals surface area (Å²) in [5.74, 6) is 0.188. The van der Waals surface area contributed by atoms with Gasteiger partial charge in [-0.05, 0) is 60.4 Å². The number of nitrogens with zero attached hydrogens (tertiary/aromatic N) is 1. The van der Waals surface area contributed by atoms with E-state index >= 15 is 0 Å². The van der Waals surface area contributed by atoms with E-state index in [2.05, 4.69) is 22.4 Å². The molecule has 3 heterocycles. The zero-order chi connectivity index (χ0) is 24.0. The first-order chi connectivity index (χ1) is 17.0. The lowest BCUT2D eigenvalue weighted by atomic mass is 9.92. The number of carbonyl (C=O) groups is 2. The van der Waals surface area contributed by atoms with E-state index in [1.165, 1.54) is 30.0 Å². The van der Waals surface area contributed by atoms with Crippen LogP contribution in [0.25, 0.3) is 11.3 Å². The maximum Gasteiger partial charge on any atom is 0.224 e. The normalized spacial score (nSPS) is 20.1. The first-order valence-corrected chi connectivity index (χ1v) is 12.3. The van der Waals surface area contributed by atoms with Crippen molar-refractivity contribution < 1.29 is 9.59 Å². The van der Waals surface area contributed by atoms with Gasteiger partial charge >= 0.3 is 0 Å². The van der Waals surface area contributed by atoms with Crippen molar-refractivity contribution in [3.63, 3.8) is 0 Å². The first-order valence-electron chi connectivity index (χ1n) is 12.3. The van der Waals surface area contributed by atoms with Gasteiger partial charge in [0, 0.05) is 66.7 Å². The van der Waals surface area contributed by atoms with Crippen molar-refractivity contribution in [2.75, 3.05) is 6.54 Å². The smallest absolute Gasteiger partial charge is 0.224 e. The Morgan fingerprint density at radius 2 is 1.97 bits per heavy atom. The molecular formula is C29H27N3O3. The maximum absolute atomic E-state index is 13.2. The van der Waals surface area contributed by atoms with Crippen LogP contribution in [0.3, 0.4) is 0 Å². The van der Waals surface area contributed by atoms with E-state index in [1.807, 2.05) is 30.5 Å². The van der Waals surface area contributed by atoms with E-state index < -0.39 is 0 Å². The molecule has 6 nitrogen and oxygen atoms in total. The second kappa shape index (κ2) is 8.45. The molecule has 1 fully saturated rings. The molecule has 3 aliphatic rings. The molecule has 6 heteroatoms. The average Bonchev–Trinajstić information content (AvgIpc) is 3.61. The lowest BCUT2D eigenvalue weighted by molar-refractivity contribution is -0.120. The highest BCUT2D eigenvalue weighted by Gasteiger charge is 2.52. The van der Waals surface area contributed by atoms with Crippen LogP contribution in [0, 0.1) is 0 Å². The van der Waals surface area contributed by atoms with Gasteiger partial charge in [-0.2, -0.15) is 0 Å². The molecule has 2 N–H and O–H groups in total. The SMILES string of the molecule is O=C1CC(CC(=O)c2ccc3c(c2)C(c2ccc(-c4cc(=O)cc[nH]4)cn2)CC32CC2)=CCCN1. The fraction of sp³-hybridized carbons (Fsp3) is 0.310. The number of hydrogen-bond donors (Lipinski definition) is 2. The van der Waals surface area contributed by atoms with Gasteiger partial charge in [0.15, 0.2) is 11.2 Å². The summed E-state index contributed by atoms with van der Waals surface area (Å²) in [6.45, 7) is 0.630. The van der Waals surface area contributed by atoms with Crippen molar-refractivity contribution in [3.05, 3.63) is 99.1 Å². The van der Waals surface area contributed by atoms with Gasteiger partial charge in [-0.1, -0.05) is 23.8 Å². The number of hydrogen-bond acceptors (Lipinski definition) is 4. The zero-order valence-electron chi connectivity index (χ0n) is 19.5. The number of ketones is 1. The van der Waals surface area contributed by atoms with Crippen LogP contribution in [0.15, 0.2) is 71.3 Å². The van der Waals surface area contributed by atoms with E-state index in [-0.39, 0.29) is 34.9 Å². The summed E-state index contributed by atoms with van der Waals surface area (Å²) in [5.41, 5.74) is 6.94. The number of rotatable bonds is 5. The minimum Gasteiger partial charge on any atom is -0.361 e. The summed E-state index contributed by atoms with van der Waals surface area (Å²) in [7, 11) is 0. The quantitative estimate of drug-likeness (QED) is 0.431. The molecule has 2 aliphatic carbocycles. The van der Waals surface area contributed by atoms with Gasteiger partial charge in [-0.25, -0.2) is 0 Å². The van der Waals surface area contributed by atoms with Crippen LogP contribution in [0.2, 0.25) is 0 Å². The van der Waals surface area contributed by atoms with Gasteiger partial charge < -0.3 is 10.3 Å². The summed E-state index contributed by atoms with van der Waals surface area (Å²) >= 11 is 0.